The van der Waals surface area contributed by atoms with Crippen LogP contribution in [0, 0.1) is 5.92 Å². The van der Waals surface area contributed by atoms with Gasteiger partial charge in [-0.05, 0) is 26.3 Å². The van der Waals surface area contributed by atoms with Gasteiger partial charge in [-0.1, -0.05) is 26.0 Å². The number of allylic oxidation sites excluding steroid dienone is 1. The zero-order chi connectivity index (χ0) is 7.98. The highest BCUT2D eigenvalue weighted by Gasteiger charge is 1.90. The molecule has 0 saturated heterocycles. The second-order valence-corrected chi connectivity index (χ2v) is 3.14. The fourth-order valence-electron chi connectivity index (χ4n) is 0.651. The number of hydrogen-bond acceptors (Lipinski definition) is 1. The Morgan fingerprint density at radius 2 is 1.90 bits per heavy atom. The molecule has 0 amide bonds. The maximum Gasteiger partial charge on any atom is 0.0218 e. The molecule has 0 fully saturated rings. The molecule has 0 aromatic carbocycles. The minimum atomic E-state index is 0.513. The van der Waals surface area contributed by atoms with Gasteiger partial charge in [-0.15, -0.1) is 0 Å². The van der Waals surface area contributed by atoms with Gasteiger partial charge >= 0.3 is 0 Å². The molecule has 1 unspecified atom stereocenters. The molecule has 0 aromatic heterocycles. The molecular formula is C9H19N. The fourth-order valence-corrected chi connectivity index (χ4v) is 0.651. The van der Waals surface area contributed by atoms with Crippen LogP contribution in [0.3, 0.4) is 0 Å². The van der Waals surface area contributed by atoms with E-state index in [4.69, 9.17) is 0 Å². The van der Waals surface area contributed by atoms with Crippen molar-refractivity contribution in [3.8, 4) is 0 Å². The minimum Gasteiger partial charge on any atom is -0.314 e. The SMILES string of the molecule is CNC(C)/C=C/CC(C)C. The van der Waals surface area contributed by atoms with E-state index >= 15 is 0 Å². The molecule has 0 spiro atoms. The van der Waals surface area contributed by atoms with Crippen LogP contribution in [0.25, 0.3) is 0 Å². The van der Waals surface area contributed by atoms with E-state index in [1.165, 1.54) is 6.42 Å². The lowest BCUT2D eigenvalue weighted by atomic mass is 10.1. The van der Waals surface area contributed by atoms with E-state index in [1.807, 2.05) is 7.05 Å². The first-order valence-electron chi connectivity index (χ1n) is 4.00. The van der Waals surface area contributed by atoms with E-state index in [0.717, 1.165) is 5.92 Å². The van der Waals surface area contributed by atoms with Crippen molar-refractivity contribution in [3.63, 3.8) is 0 Å². The van der Waals surface area contributed by atoms with Crippen LogP contribution in [0.2, 0.25) is 0 Å². The second kappa shape index (κ2) is 5.48. The van der Waals surface area contributed by atoms with Crippen LogP contribution >= 0.6 is 0 Å². The van der Waals surface area contributed by atoms with E-state index in [1.54, 1.807) is 0 Å². The molecule has 0 saturated carbocycles. The third-order valence-corrected chi connectivity index (χ3v) is 1.49. The summed E-state index contributed by atoms with van der Waals surface area (Å²) in [7, 11) is 1.98. The van der Waals surface area contributed by atoms with Crippen molar-refractivity contribution in [1.82, 2.24) is 5.32 Å². The van der Waals surface area contributed by atoms with Crippen molar-refractivity contribution < 1.29 is 0 Å². The van der Waals surface area contributed by atoms with Crippen molar-refractivity contribution in [2.24, 2.45) is 5.92 Å². The van der Waals surface area contributed by atoms with Crippen LogP contribution in [0.1, 0.15) is 27.2 Å². The molecular weight excluding hydrogens is 122 g/mol. The fraction of sp³-hybridized carbons (Fsp3) is 0.778. The maximum atomic E-state index is 3.15. The average molecular weight is 141 g/mol. The number of likely N-dealkylation sites (N-methyl/N-ethyl adjacent to an activating group) is 1. The Labute approximate surface area is 64.5 Å². The molecule has 0 aliphatic heterocycles. The molecule has 1 atom stereocenters. The van der Waals surface area contributed by atoms with E-state index in [2.05, 4.69) is 38.2 Å². The van der Waals surface area contributed by atoms with Crippen molar-refractivity contribution in [1.29, 1.82) is 0 Å². The van der Waals surface area contributed by atoms with Gasteiger partial charge in [-0.3, -0.25) is 0 Å². The van der Waals surface area contributed by atoms with Gasteiger partial charge in [0.15, 0.2) is 0 Å². The Morgan fingerprint density at radius 1 is 1.30 bits per heavy atom. The molecule has 0 aliphatic rings. The summed E-state index contributed by atoms with van der Waals surface area (Å²) in [5.41, 5.74) is 0. The summed E-state index contributed by atoms with van der Waals surface area (Å²) in [6.07, 6.45) is 5.64. The van der Waals surface area contributed by atoms with Gasteiger partial charge in [-0.25, -0.2) is 0 Å². The summed E-state index contributed by atoms with van der Waals surface area (Å²) in [5.74, 6) is 0.778. The lowest BCUT2D eigenvalue weighted by Gasteiger charge is -2.02. The number of rotatable bonds is 4. The largest absolute Gasteiger partial charge is 0.314 e. The van der Waals surface area contributed by atoms with Crippen molar-refractivity contribution in [3.05, 3.63) is 12.2 Å². The Hall–Kier alpha value is -0.300. The van der Waals surface area contributed by atoms with Crippen LogP contribution in [0.5, 0.6) is 0 Å². The molecule has 0 heterocycles. The van der Waals surface area contributed by atoms with Gasteiger partial charge in [0.25, 0.3) is 0 Å². The number of hydrogen-bond donors (Lipinski definition) is 1. The standard InChI is InChI=1S/C9H19N/c1-8(2)6-5-7-9(3)10-4/h5,7-10H,6H2,1-4H3/b7-5+. The monoisotopic (exact) mass is 141 g/mol. The Kier molecular flexibility index (Phi) is 5.32. The van der Waals surface area contributed by atoms with Crippen molar-refractivity contribution in [2.45, 2.75) is 33.2 Å². The summed E-state index contributed by atoms with van der Waals surface area (Å²) < 4.78 is 0. The third-order valence-electron chi connectivity index (χ3n) is 1.49. The first-order chi connectivity index (χ1) is 4.66. The van der Waals surface area contributed by atoms with Gasteiger partial charge in [0.2, 0.25) is 0 Å². The quantitative estimate of drug-likeness (QED) is 0.592. The zero-order valence-electron chi connectivity index (χ0n) is 7.52. The lowest BCUT2D eigenvalue weighted by Crippen LogP contribution is -2.17. The van der Waals surface area contributed by atoms with Crippen LogP contribution in [-0.2, 0) is 0 Å². The predicted octanol–water partition coefficient (Wildman–Crippen LogP) is 2.20. The van der Waals surface area contributed by atoms with Crippen LogP contribution in [0.15, 0.2) is 12.2 Å². The summed E-state index contributed by atoms with van der Waals surface area (Å²) in [6, 6.07) is 0.513. The molecule has 1 N–H and O–H groups in total. The Bertz CT molecular complexity index is 94.9. The van der Waals surface area contributed by atoms with Gasteiger partial charge < -0.3 is 5.32 Å². The first-order valence-corrected chi connectivity index (χ1v) is 4.00. The normalized spacial score (nSPS) is 14.9. The molecule has 0 aromatic rings. The van der Waals surface area contributed by atoms with E-state index in [9.17, 15) is 0 Å². The minimum absolute atomic E-state index is 0.513. The molecule has 1 nitrogen and oxygen atoms in total. The third kappa shape index (κ3) is 5.83. The summed E-state index contributed by atoms with van der Waals surface area (Å²) in [4.78, 5) is 0. The second-order valence-electron chi connectivity index (χ2n) is 3.14. The highest BCUT2D eigenvalue weighted by Crippen LogP contribution is 2.00. The van der Waals surface area contributed by atoms with E-state index in [0.29, 0.717) is 6.04 Å². The zero-order valence-corrected chi connectivity index (χ0v) is 7.52. The molecule has 10 heavy (non-hydrogen) atoms. The molecule has 1 heteroatoms. The van der Waals surface area contributed by atoms with E-state index < -0.39 is 0 Å². The smallest absolute Gasteiger partial charge is 0.0218 e. The Balaban J connectivity index is 3.36. The summed E-state index contributed by atoms with van der Waals surface area (Å²) in [6.45, 7) is 6.61. The molecule has 0 radical (unpaired) electrons. The highest BCUT2D eigenvalue weighted by atomic mass is 14.8. The highest BCUT2D eigenvalue weighted by molar-refractivity contribution is 4.90. The summed E-state index contributed by atoms with van der Waals surface area (Å²) in [5, 5.41) is 3.15. The van der Waals surface area contributed by atoms with Crippen LogP contribution in [0.4, 0.5) is 0 Å². The van der Waals surface area contributed by atoms with Crippen molar-refractivity contribution in [2.75, 3.05) is 7.05 Å². The molecule has 60 valence electrons. The van der Waals surface area contributed by atoms with E-state index in [-0.39, 0.29) is 0 Å². The Morgan fingerprint density at radius 3 is 2.30 bits per heavy atom. The van der Waals surface area contributed by atoms with Crippen molar-refractivity contribution >= 4 is 0 Å². The van der Waals surface area contributed by atoms with Gasteiger partial charge in [0.05, 0.1) is 0 Å². The molecule has 0 rings (SSSR count). The average Bonchev–Trinajstić information content (AvgIpc) is 1.87. The van der Waals surface area contributed by atoms with Crippen LogP contribution < -0.4 is 5.32 Å². The lowest BCUT2D eigenvalue weighted by molar-refractivity contribution is 0.655. The molecule has 0 aliphatic carbocycles. The summed E-state index contributed by atoms with van der Waals surface area (Å²) >= 11 is 0. The van der Waals surface area contributed by atoms with Gasteiger partial charge in [-0.2, -0.15) is 0 Å². The van der Waals surface area contributed by atoms with Gasteiger partial charge in [0.1, 0.15) is 0 Å². The maximum absolute atomic E-state index is 3.15. The van der Waals surface area contributed by atoms with Crippen LogP contribution in [-0.4, -0.2) is 13.1 Å². The predicted molar refractivity (Wildman–Crippen MR) is 47.1 cm³/mol. The molecule has 0 bridgehead atoms. The topological polar surface area (TPSA) is 12.0 Å². The first kappa shape index (κ1) is 9.70. The number of nitrogens with one attached hydrogen (secondary N) is 1. The van der Waals surface area contributed by atoms with Gasteiger partial charge in [0, 0.05) is 6.04 Å².